The Balaban J connectivity index is 2.51. The maximum atomic E-state index is 10.7. The molecule has 1 heterocycles. The molecular weight excluding hydrogens is 102 g/mol. The highest BCUT2D eigenvalue weighted by molar-refractivity contribution is 5.80. The maximum absolute atomic E-state index is 10.7. The van der Waals surface area contributed by atoms with Crippen LogP contribution in [0.2, 0.25) is 0 Å². The summed E-state index contributed by atoms with van der Waals surface area (Å²) in [7, 11) is 0. The highest BCUT2D eigenvalue weighted by atomic mass is 16.2. The Kier molecular flexibility index (Phi) is 1.24. The van der Waals surface area contributed by atoms with Crippen LogP contribution in [0.15, 0.2) is 0 Å². The number of carbonyl (C=O) groups excluding carboxylic acids is 1. The van der Waals surface area contributed by atoms with Crippen molar-refractivity contribution in [2.24, 2.45) is 5.92 Å². The van der Waals surface area contributed by atoms with Crippen LogP contribution < -0.4 is 5.32 Å². The third kappa shape index (κ3) is 0.831. The predicted molar refractivity (Wildman–Crippen MR) is 31.4 cm³/mol. The molecule has 1 fully saturated rings. The summed E-state index contributed by atoms with van der Waals surface area (Å²) in [6.45, 7) is 3.99. The van der Waals surface area contributed by atoms with Gasteiger partial charge in [-0.25, -0.2) is 0 Å². The summed E-state index contributed by atoms with van der Waals surface area (Å²) in [5.74, 6) is 0.447. The molecule has 1 aliphatic rings. The van der Waals surface area contributed by atoms with E-state index in [4.69, 9.17) is 0 Å². The number of hydrogen-bond donors (Lipinski definition) is 1. The Morgan fingerprint density at radius 2 is 2.25 bits per heavy atom. The van der Waals surface area contributed by atoms with E-state index in [1.807, 2.05) is 13.8 Å². The lowest BCUT2D eigenvalue weighted by Crippen LogP contribution is -2.22. The zero-order valence-electron chi connectivity index (χ0n) is 5.27. The zero-order chi connectivity index (χ0) is 6.15. The monoisotopic (exact) mass is 113 g/mol. The lowest BCUT2D eigenvalue weighted by Gasteiger charge is -1.95. The highest BCUT2D eigenvalue weighted by Gasteiger charge is 2.24. The summed E-state index contributed by atoms with van der Waals surface area (Å²) in [6.07, 6.45) is 0.999. The summed E-state index contributed by atoms with van der Waals surface area (Å²) >= 11 is 0. The molecule has 0 spiro atoms. The molecule has 2 heteroatoms. The minimum atomic E-state index is 0.206. The van der Waals surface area contributed by atoms with Gasteiger partial charge in [-0.2, -0.15) is 0 Å². The van der Waals surface area contributed by atoms with E-state index in [0.29, 0.717) is 6.04 Å². The van der Waals surface area contributed by atoms with Gasteiger partial charge in [-0.1, -0.05) is 6.92 Å². The van der Waals surface area contributed by atoms with Crippen molar-refractivity contribution >= 4 is 5.91 Å². The first-order valence-electron chi connectivity index (χ1n) is 3.00. The van der Waals surface area contributed by atoms with Gasteiger partial charge in [0.1, 0.15) is 0 Å². The second-order valence-corrected chi connectivity index (χ2v) is 2.55. The zero-order valence-corrected chi connectivity index (χ0v) is 5.27. The van der Waals surface area contributed by atoms with Crippen LogP contribution in [-0.4, -0.2) is 11.9 Å². The fourth-order valence-electron chi connectivity index (χ4n) is 1.08. The van der Waals surface area contributed by atoms with Gasteiger partial charge in [0, 0.05) is 12.0 Å². The Hall–Kier alpha value is -0.530. The first-order chi connectivity index (χ1) is 3.70. The van der Waals surface area contributed by atoms with Crippen molar-refractivity contribution in [3.63, 3.8) is 0 Å². The Morgan fingerprint density at radius 1 is 1.62 bits per heavy atom. The minimum Gasteiger partial charge on any atom is -0.353 e. The van der Waals surface area contributed by atoms with E-state index in [2.05, 4.69) is 5.32 Å². The molecule has 0 radical (unpaired) electrons. The van der Waals surface area contributed by atoms with Gasteiger partial charge in [0.25, 0.3) is 0 Å². The fraction of sp³-hybridized carbons (Fsp3) is 0.833. The molecule has 0 aliphatic carbocycles. The lowest BCUT2D eigenvalue weighted by atomic mass is 10.1. The third-order valence-corrected chi connectivity index (χ3v) is 1.54. The topological polar surface area (TPSA) is 29.1 Å². The second kappa shape index (κ2) is 1.77. The molecule has 0 aromatic heterocycles. The molecule has 2 atom stereocenters. The number of rotatable bonds is 0. The van der Waals surface area contributed by atoms with Crippen molar-refractivity contribution in [1.29, 1.82) is 0 Å². The van der Waals surface area contributed by atoms with Gasteiger partial charge in [0.15, 0.2) is 0 Å². The van der Waals surface area contributed by atoms with E-state index in [-0.39, 0.29) is 11.8 Å². The molecule has 1 unspecified atom stereocenters. The Bertz CT molecular complexity index is 111. The van der Waals surface area contributed by atoms with Crippen molar-refractivity contribution in [3.05, 3.63) is 0 Å². The van der Waals surface area contributed by atoms with Crippen LogP contribution in [0.4, 0.5) is 0 Å². The molecule has 1 amide bonds. The molecule has 46 valence electrons. The van der Waals surface area contributed by atoms with E-state index in [1.165, 1.54) is 0 Å². The van der Waals surface area contributed by atoms with Gasteiger partial charge in [-0.3, -0.25) is 4.79 Å². The van der Waals surface area contributed by atoms with Crippen LogP contribution in [0, 0.1) is 5.92 Å². The number of nitrogens with one attached hydrogen (secondary N) is 1. The summed E-state index contributed by atoms with van der Waals surface area (Å²) in [4.78, 5) is 10.7. The van der Waals surface area contributed by atoms with Gasteiger partial charge in [0.05, 0.1) is 0 Å². The number of carbonyl (C=O) groups is 1. The van der Waals surface area contributed by atoms with E-state index in [9.17, 15) is 4.79 Å². The van der Waals surface area contributed by atoms with Crippen LogP contribution in [0.3, 0.4) is 0 Å². The molecule has 1 saturated heterocycles. The molecule has 2 nitrogen and oxygen atoms in total. The van der Waals surface area contributed by atoms with E-state index >= 15 is 0 Å². The summed E-state index contributed by atoms with van der Waals surface area (Å²) in [5.41, 5.74) is 0. The van der Waals surface area contributed by atoms with Crippen molar-refractivity contribution in [3.8, 4) is 0 Å². The van der Waals surface area contributed by atoms with Crippen molar-refractivity contribution in [1.82, 2.24) is 5.32 Å². The van der Waals surface area contributed by atoms with Crippen LogP contribution in [0.1, 0.15) is 20.3 Å². The molecule has 1 rings (SSSR count). The molecule has 0 aromatic carbocycles. The molecule has 0 saturated carbocycles. The average molecular weight is 113 g/mol. The van der Waals surface area contributed by atoms with Crippen LogP contribution in [-0.2, 0) is 4.79 Å². The van der Waals surface area contributed by atoms with Crippen molar-refractivity contribution in [2.75, 3.05) is 0 Å². The first kappa shape index (κ1) is 5.60. The molecular formula is C6H11NO. The number of amides is 1. The average Bonchev–Trinajstić information content (AvgIpc) is 1.85. The molecule has 1 N–H and O–H groups in total. The second-order valence-electron chi connectivity index (χ2n) is 2.55. The summed E-state index contributed by atoms with van der Waals surface area (Å²) in [5, 5.41) is 2.83. The standard InChI is InChI=1S/C6H11NO/c1-4-3-5(2)7-6(4)8/h4-5H,3H2,1-2H3,(H,7,8)/t4-,5?/m0/s1. The fourth-order valence-corrected chi connectivity index (χ4v) is 1.08. The van der Waals surface area contributed by atoms with Gasteiger partial charge >= 0.3 is 0 Å². The Labute approximate surface area is 49.3 Å². The van der Waals surface area contributed by atoms with Gasteiger partial charge < -0.3 is 5.32 Å². The van der Waals surface area contributed by atoms with E-state index < -0.39 is 0 Å². The molecule has 0 aromatic rings. The summed E-state index contributed by atoms with van der Waals surface area (Å²) < 4.78 is 0. The van der Waals surface area contributed by atoms with Crippen molar-refractivity contribution in [2.45, 2.75) is 26.3 Å². The van der Waals surface area contributed by atoms with Crippen molar-refractivity contribution < 1.29 is 4.79 Å². The highest BCUT2D eigenvalue weighted by Crippen LogP contribution is 2.12. The molecule has 8 heavy (non-hydrogen) atoms. The maximum Gasteiger partial charge on any atom is 0.223 e. The van der Waals surface area contributed by atoms with Crippen LogP contribution >= 0.6 is 0 Å². The smallest absolute Gasteiger partial charge is 0.223 e. The van der Waals surface area contributed by atoms with Gasteiger partial charge in [-0.15, -0.1) is 0 Å². The number of hydrogen-bond acceptors (Lipinski definition) is 1. The van der Waals surface area contributed by atoms with Crippen LogP contribution in [0.25, 0.3) is 0 Å². The van der Waals surface area contributed by atoms with E-state index in [1.54, 1.807) is 0 Å². The lowest BCUT2D eigenvalue weighted by molar-refractivity contribution is -0.122. The molecule has 0 bridgehead atoms. The SMILES string of the molecule is CC1C[C@H](C)C(=O)N1. The predicted octanol–water partition coefficient (Wildman–Crippen LogP) is 0.531. The first-order valence-corrected chi connectivity index (χ1v) is 3.00. The molecule has 1 aliphatic heterocycles. The minimum absolute atomic E-state index is 0.206. The quantitative estimate of drug-likeness (QED) is 0.488. The normalized spacial score (nSPS) is 37.5. The third-order valence-electron chi connectivity index (χ3n) is 1.54. The largest absolute Gasteiger partial charge is 0.353 e. The van der Waals surface area contributed by atoms with Gasteiger partial charge in [-0.05, 0) is 13.3 Å². The van der Waals surface area contributed by atoms with Gasteiger partial charge in [0.2, 0.25) is 5.91 Å². The Morgan fingerprint density at radius 3 is 2.38 bits per heavy atom. The van der Waals surface area contributed by atoms with Crippen LogP contribution in [0.5, 0.6) is 0 Å². The van der Waals surface area contributed by atoms with E-state index in [0.717, 1.165) is 6.42 Å². The summed E-state index contributed by atoms with van der Waals surface area (Å²) in [6, 6.07) is 0.400.